The summed E-state index contributed by atoms with van der Waals surface area (Å²) in [5.41, 5.74) is 2.88. The summed E-state index contributed by atoms with van der Waals surface area (Å²) in [4.78, 5) is 25.3. The second-order valence-corrected chi connectivity index (χ2v) is 7.41. The van der Waals surface area contributed by atoms with E-state index in [0.29, 0.717) is 18.3 Å². The lowest BCUT2D eigenvalue weighted by atomic mass is 9.93. The van der Waals surface area contributed by atoms with Crippen molar-refractivity contribution in [3.05, 3.63) is 41.6 Å². The summed E-state index contributed by atoms with van der Waals surface area (Å²) in [6.45, 7) is 2.46. The highest BCUT2D eigenvalue weighted by Gasteiger charge is 2.31. The molecule has 1 saturated carbocycles. The number of aliphatic hydroxyl groups is 1. The number of hydrogen-bond acceptors (Lipinski definition) is 5. The highest BCUT2D eigenvalue weighted by atomic mass is 16.3. The molecule has 0 radical (unpaired) electrons. The maximum Gasteiger partial charge on any atom is 0.330 e. The molecule has 1 fully saturated rings. The average Bonchev–Trinajstić information content (AvgIpc) is 2.67. The lowest BCUT2D eigenvalue weighted by Gasteiger charge is -2.35. The average molecular weight is 367 g/mol. The third-order valence-corrected chi connectivity index (χ3v) is 5.44. The van der Waals surface area contributed by atoms with Crippen LogP contribution in [0, 0.1) is 6.92 Å². The summed E-state index contributed by atoms with van der Waals surface area (Å²) in [5, 5.41) is 13.0. The molecule has 1 aliphatic carbocycles. The second-order valence-electron chi connectivity index (χ2n) is 7.41. The van der Waals surface area contributed by atoms with Crippen LogP contribution in [0.3, 0.4) is 0 Å². The third kappa shape index (κ3) is 3.47. The van der Waals surface area contributed by atoms with Gasteiger partial charge in [0, 0.05) is 30.5 Å². The largest absolute Gasteiger partial charge is 0.393 e. The molecular weight excluding hydrogens is 342 g/mol. The predicted octanol–water partition coefficient (Wildman–Crippen LogP) is 3.08. The van der Waals surface area contributed by atoms with Gasteiger partial charge in [-0.2, -0.15) is 4.98 Å². The lowest BCUT2D eigenvalue weighted by molar-refractivity contribution is 0.126. The quantitative estimate of drug-likeness (QED) is 0.871. The monoisotopic (exact) mass is 367 g/mol. The van der Waals surface area contributed by atoms with E-state index in [1.807, 2.05) is 31.2 Å². The molecule has 0 bridgehead atoms. The molecule has 2 aromatic rings. The number of nitrogens with zero attached hydrogens (tertiary/aromatic N) is 4. The van der Waals surface area contributed by atoms with E-state index in [1.165, 1.54) is 0 Å². The molecule has 0 spiro atoms. The fourth-order valence-corrected chi connectivity index (χ4v) is 3.84. The van der Waals surface area contributed by atoms with E-state index < -0.39 is 0 Å². The van der Waals surface area contributed by atoms with E-state index in [9.17, 15) is 9.90 Å². The van der Waals surface area contributed by atoms with Crippen molar-refractivity contribution < 1.29 is 9.90 Å². The normalized spacial score (nSPS) is 22.6. The first kappa shape index (κ1) is 17.7. The van der Waals surface area contributed by atoms with Crippen LogP contribution in [0.1, 0.15) is 36.8 Å². The van der Waals surface area contributed by atoms with Gasteiger partial charge in [-0.1, -0.05) is 18.2 Å². The van der Waals surface area contributed by atoms with Gasteiger partial charge in [-0.25, -0.2) is 9.78 Å². The SMILES string of the molecule is Cc1ccccc1N1Cc2cnc(NC3CCC(O)CC3)nc2N(C)C1=O. The number of carbonyl (C=O) groups excluding carboxylic acids is 1. The molecule has 0 saturated heterocycles. The summed E-state index contributed by atoms with van der Waals surface area (Å²) in [5.74, 6) is 1.19. The van der Waals surface area contributed by atoms with Crippen molar-refractivity contribution in [2.45, 2.75) is 51.3 Å². The van der Waals surface area contributed by atoms with E-state index in [4.69, 9.17) is 0 Å². The maximum atomic E-state index is 12.9. The molecule has 142 valence electrons. The van der Waals surface area contributed by atoms with Gasteiger partial charge in [-0.05, 0) is 44.2 Å². The molecule has 4 rings (SSSR count). The predicted molar refractivity (Wildman–Crippen MR) is 105 cm³/mol. The van der Waals surface area contributed by atoms with Crippen molar-refractivity contribution in [3.63, 3.8) is 0 Å². The van der Waals surface area contributed by atoms with Crippen LogP contribution in [0.2, 0.25) is 0 Å². The zero-order valence-electron chi connectivity index (χ0n) is 15.7. The summed E-state index contributed by atoms with van der Waals surface area (Å²) < 4.78 is 0. The molecule has 1 aromatic heterocycles. The molecule has 7 nitrogen and oxygen atoms in total. The molecule has 27 heavy (non-hydrogen) atoms. The van der Waals surface area contributed by atoms with Crippen molar-refractivity contribution in [3.8, 4) is 0 Å². The smallest absolute Gasteiger partial charge is 0.330 e. The van der Waals surface area contributed by atoms with E-state index in [1.54, 1.807) is 23.0 Å². The van der Waals surface area contributed by atoms with E-state index >= 15 is 0 Å². The van der Waals surface area contributed by atoms with Crippen LogP contribution in [-0.2, 0) is 6.54 Å². The number of rotatable bonds is 3. The van der Waals surface area contributed by atoms with Crippen molar-refractivity contribution in [1.82, 2.24) is 9.97 Å². The standard InChI is InChI=1S/C20H25N5O2/c1-13-5-3-4-6-17(13)25-12-14-11-21-19(23-18(14)24(2)20(25)27)22-15-7-9-16(26)10-8-15/h3-6,11,15-16,26H,7-10,12H2,1-2H3,(H,21,22,23). The number of carbonyl (C=O) groups is 1. The highest BCUT2D eigenvalue weighted by molar-refractivity contribution is 6.05. The molecule has 2 aliphatic rings. The zero-order valence-corrected chi connectivity index (χ0v) is 15.7. The Morgan fingerprint density at radius 3 is 2.67 bits per heavy atom. The molecule has 7 heteroatoms. The van der Waals surface area contributed by atoms with Crippen molar-refractivity contribution in [2.24, 2.45) is 0 Å². The van der Waals surface area contributed by atoms with Crippen molar-refractivity contribution in [1.29, 1.82) is 0 Å². The first-order chi connectivity index (χ1) is 13.0. The van der Waals surface area contributed by atoms with Gasteiger partial charge in [0.2, 0.25) is 5.95 Å². The van der Waals surface area contributed by atoms with Gasteiger partial charge in [-0.3, -0.25) is 9.80 Å². The number of aliphatic hydroxyl groups excluding tert-OH is 1. The second kappa shape index (κ2) is 7.15. The van der Waals surface area contributed by atoms with E-state index in [0.717, 1.165) is 42.5 Å². The van der Waals surface area contributed by atoms with Crippen LogP contribution in [0.4, 0.5) is 22.2 Å². The molecule has 0 atom stereocenters. The van der Waals surface area contributed by atoms with Crippen LogP contribution < -0.4 is 15.1 Å². The Hall–Kier alpha value is -2.67. The van der Waals surface area contributed by atoms with Gasteiger partial charge in [0.1, 0.15) is 5.82 Å². The summed E-state index contributed by atoms with van der Waals surface area (Å²) in [7, 11) is 1.75. The number of nitrogens with one attached hydrogen (secondary N) is 1. The van der Waals surface area contributed by atoms with Crippen LogP contribution in [0.25, 0.3) is 0 Å². The van der Waals surface area contributed by atoms with Crippen LogP contribution in [-0.4, -0.2) is 40.3 Å². The number of benzene rings is 1. The fraction of sp³-hybridized carbons (Fsp3) is 0.450. The number of aryl methyl sites for hydroxylation is 1. The van der Waals surface area contributed by atoms with Gasteiger partial charge in [0.15, 0.2) is 0 Å². The Kier molecular flexibility index (Phi) is 4.70. The van der Waals surface area contributed by atoms with Crippen LogP contribution in [0.15, 0.2) is 30.5 Å². The number of para-hydroxylation sites is 1. The molecule has 2 N–H and O–H groups in total. The van der Waals surface area contributed by atoms with Gasteiger partial charge in [0.25, 0.3) is 0 Å². The van der Waals surface area contributed by atoms with E-state index in [2.05, 4.69) is 15.3 Å². The lowest BCUT2D eigenvalue weighted by Crippen LogP contribution is -2.46. The summed E-state index contributed by atoms with van der Waals surface area (Å²) in [6, 6.07) is 8.04. The van der Waals surface area contributed by atoms with Gasteiger partial charge in [0.05, 0.1) is 12.6 Å². The molecular formula is C20H25N5O2. The summed E-state index contributed by atoms with van der Waals surface area (Å²) in [6.07, 6.45) is 5.01. The van der Waals surface area contributed by atoms with Gasteiger partial charge < -0.3 is 10.4 Å². The number of anilines is 3. The van der Waals surface area contributed by atoms with Crippen LogP contribution >= 0.6 is 0 Å². The first-order valence-corrected chi connectivity index (χ1v) is 9.44. The van der Waals surface area contributed by atoms with Crippen molar-refractivity contribution >= 4 is 23.5 Å². The fourth-order valence-electron chi connectivity index (χ4n) is 3.84. The number of aromatic nitrogens is 2. The topological polar surface area (TPSA) is 81.6 Å². The van der Waals surface area contributed by atoms with Crippen molar-refractivity contribution in [2.75, 3.05) is 22.2 Å². The number of hydrogen-bond donors (Lipinski definition) is 2. The Morgan fingerprint density at radius 1 is 1.19 bits per heavy atom. The minimum Gasteiger partial charge on any atom is -0.393 e. The Bertz CT molecular complexity index is 848. The van der Waals surface area contributed by atoms with Gasteiger partial charge in [-0.15, -0.1) is 0 Å². The maximum absolute atomic E-state index is 12.9. The molecule has 0 unspecified atom stereocenters. The Balaban J connectivity index is 1.56. The molecule has 2 heterocycles. The number of fused-ring (bicyclic) bond motifs is 1. The first-order valence-electron chi connectivity index (χ1n) is 9.44. The molecule has 1 aliphatic heterocycles. The Morgan fingerprint density at radius 2 is 1.93 bits per heavy atom. The number of urea groups is 1. The minimum absolute atomic E-state index is 0.0951. The molecule has 1 aromatic carbocycles. The Labute approximate surface area is 159 Å². The zero-order chi connectivity index (χ0) is 19.0. The summed E-state index contributed by atoms with van der Waals surface area (Å²) >= 11 is 0. The minimum atomic E-state index is -0.191. The van der Waals surface area contributed by atoms with E-state index in [-0.39, 0.29) is 18.2 Å². The van der Waals surface area contributed by atoms with Crippen LogP contribution in [0.5, 0.6) is 0 Å². The highest BCUT2D eigenvalue weighted by Crippen LogP contribution is 2.31. The third-order valence-electron chi connectivity index (χ3n) is 5.44. The molecule has 2 amide bonds. The van der Waals surface area contributed by atoms with Gasteiger partial charge >= 0.3 is 6.03 Å². The number of amides is 2.